The van der Waals surface area contributed by atoms with Gasteiger partial charge in [0, 0.05) is 32.5 Å². The fourth-order valence-electron chi connectivity index (χ4n) is 8.77. The molecule has 3 heterocycles. The molecule has 11 aromatic rings. The van der Waals surface area contributed by atoms with Crippen molar-refractivity contribution in [2.45, 2.75) is 5.41 Å². The molecular weight excluding hydrogens is 671 g/mol. The molecule has 0 amide bonds. The molecule has 0 unspecified atom stereocenters. The Balaban J connectivity index is 1.29. The van der Waals surface area contributed by atoms with Crippen molar-refractivity contribution in [2.24, 2.45) is 0 Å². The van der Waals surface area contributed by atoms with Gasteiger partial charge in [0.05, 0.1) is 22.1 Å². The van der Waals surface area contributed by atoms with Crippen LogP contribution in [0, 0.1) is 0 Å². The van der Waals surface area contributed by atoms with Gasteiger partial charge in [-0.1, -0.05) is 170 Å². The molecule has 55 heavy (non-hydrogen) atoms. The van der Waals surface area contributed by atoms with Crippen molar-refractivity contribution in [3.05, 3.63) is 222 Å². The zero-order chi connectivity index (χ0) is 36.3. The maximum absolute atomic E-state index is 6.79. The molecule has 3 aromatic heterocycles. The summed E-state index contributed by atoms with van der Waals surface area (Å²) in [6.45, 7) is 0. The van der Waals surface area contributed by atoms with Crippen LogP contribution in [0.2, 0.25) is 0 Å². The fraction of sp³-hybridized carbons (Fsp3) is 0.0196. The maximum Gasteiger partial charge on any atom is 0.235 e. The van der Waals surface area contributed by atoms with Gasteiger partial charge in [0.25, 0.3) is 0 Å². The lowest BCUT2D eigenvalue weighted by Gasteiger charge is -2.37. The molecule has 0 aliphatic carbocycles. The molecule has 4 nitrogen and oxygen atoms in total. The summed E-state index contributed by atoms with van der Waals surface area (Å²) in [6.07, 6.45) is 0. The van der Waals surface area contributed by atoms with E-state index in [9.17, 15) is 0 Å². The Bertz CT molecular complexity index is 3090. The lowest BCUT2D eigenvalue weighted by atomic mass is 9.65. The first-order chi connectivity index (χ1) is 27.3. The molecule has 0 bridgehead atoms. The van der Waals surface area contributed by atoms with Crippen LogP contribution in [0.25, 0.3) is 71.9 Å². The van der Waals surface area contributed by atoms with Crippen molar-refractivity contribution >= 4 is 54.6 Å². The molecule has 0 radical (unpaired) electrons. The second-order valence-electron chi connectivity index (χ2n) is 14.1. The number of fused-ring (bicyclic) bond motifs is 8. The van der Waals surface area contributed by atoms with E-state index in [0.29, 0.717) is 5.95 Å². The van der Waals surface area contributed by atoms with Gasteiger partial charge in [-0.2, -0.15) is 0 Å². The molecule has 0 spiro atoms. The molecule has 0 N–H and O–H groups in total. The summed E-state index contributed by atoms with van der Waals surface area (Å²) in [7, 11) is 0. The van der Waals surface area contributed by atoms with Gasteiger partial charge in [0.1, 0.15) is 11.1 Å². The number of nitrogens with zero attached hydrogens (tertiary/aromatic N) is 3. The van der Waals surface area contributed by atoms with Crippen LogP contribution in [0.3, 0.4) is 0 Å². The molecule has 0 aliphatic rings. The number of para-hydroxylation sites is 2. The number of aromatic nitrogens is 3. The van der Waals surface area contributed by atoms with Crippen molar-refractivity contribution in [3.63, 3.8) is 0 Å². The van der Waals surface area contributed by atoms with Crippen molar-refractivity contribution in [1.29, 1.82) is 0 Å². The highest BCUT2D eigenvalue weighted by Gasteiger charge is 2.38. The minimum atomic E-state index is -0.601. The van der Waals surface area contributed by atoms with Gasteiger partial charge in [-0.15, -0.1) is 0 Å². The van der Waals surface area contributed by atoms with Crippen LogP contribution in [-0.4, -0.2) is 14.5 Å². The molecule has 258 valence electrons. The predicted octanol–water partition coefficient (Wildman–Crippen LogP) is 12.7. The Labute approximate surface area is 317 Å². The van der Waals surface area contributed by atoms with Crippen molar-refractivity contribution < 1.29 is 4.42 Å². The van der Waals surface area contributed by atoms with E-state index in [2.05, 4.69) is 180 Å². The zero-order valence-electron chi connectivity index (χ0n) is 29.8. The van der Waals surface area contributed by atoms with E-state index in [4.69, 9.17) is 14.4 Å². The van der Waals surface area contributed by atoms with Gasteiger partial charge in [-0.3, -0.25) is 4.57 Å². The maximum atomic E-state index is 6.79. The molecule has 11 rings (SSSR count). The summed E-state index contributed by atoms with van der Waals surface area (Å²) in [5.41, 5.74) is 10.6. The average molecular weight is 704 g/mol. The highest BCUT2D eigenvalue weighted by molar-refractivity contribution is 6.21. The minimum absolute atomic E-state index is 0.596. The number of benzene rings is 8. The van der Waals surface area contributed by atoms with E-state index in [1.54, 1.807) is 0 Å². The third kappa shape index (κ3) is 4.71. The summed E-state index contributed by atoms with van der Waals surface area (Å²) in [6, 6.07) is 70.9. The van der Waals surface area contributed by atoms with Crippen LogP contribution >= 0.6 is 0 Å². The molecular formula is C51H33N3O. The number of hydrogen-bond acceptors (Lipinski definition) is 3. The fourth-order valence-corrected chi connectivity index (χ4v) is 8.77. The molecule has 0 saturated carbocycles. The Hall–Kier alpha value is -7.30. The Morgan fingerprint density at radius 2 is 0.982 bits per heavy atom. The first kappa shape index (κ1) is 31.2. The van der Waals surface area contributed by atoms with E-state index in [0.717, 1.165) is 71.5 Å². The summed E-state index contributed by atoms with van der Waals surface area (Å²) in [5, 5.41) is 5.32. The molecule has 0 fully saturated rings. The quantitative estimate of drug-likeness (QED) is 0.162. The Kier molecular flexibility index (Phi) is 7.04. The highest BCUT2D eigenvalue weighted by atomic mass is 16.3. The second-order valence-corrected chi connectivity index (χ2v) is 14.1. The standard InChI is InChI=1S/C51H33N3O/c1-5-17-34(18-6-1)47-42-26-13-15-27-44(42)52-50(53-47)54-45-32-29-38(33-43(45)40-30-31-41-39-25-14-16-28-46(39)55-49(41)48(40)54)51(35-19-7-2-8-20-35,36-21-9-3-10-22-36)37-23-11-4-12-24-37/h1-33H. The highest BCUT2D eigenvalue weighted by Crippen LogP contribution is 2.48. The molecule has 8 aromatic carbocycles. The zero-order valence-corrected chi connectivity index (χ0v) is 29.8. The van der Waals surface area contributed by atoms with E-state index in [-0.39, 0.29) is 0 Å². The van der Waals surface area contributed by atoms with Crippen LogP contribution in [0.1, 0.15) is 22.3 Å². The van der Waals surface area contributed by atoms with Gasteiger partial charge in [0.2, 0.25) is 5.95 Å². The lowest BCUT2D eigenvalue weighted by Crippen LogP contribution is -2.30. The van der Waals surface area contributed by atoms with Crippen LogP contribution in [0.5, 0.6) is 0 Å². The monoisotopic (exact) mass is 703 g/mol. The van der Waals surface area contributed by atoms with E-state index in [1.807, 2.05) is 24.3 Å². The van der Waals surface area contributed by atoms with Gasteiger partial charge in [-0.05, 0) is 52.6 Å². The summed E-state index contributed by atoms with van der Waals surface area (Å²) in [4.78, 5) is 10.7. The smallest absolute Gasteiger partial charge is 0.235 e. The summed E-state index contributed by atoms with van der Waals surface area (Å²) in [5.74, 6) is 0.596. The predicted molar refractivity (Wildman–Crippen MR) is 225 cm³/mol. The topological polar surface area (TPSA) is 43.9 Å². The van der Waals surface area contributed by atoms with E-state index < -0.39 is 5.41 Å². The van der Waals surface area contributed by atoms with Gasteiger partial charge >= 0.3 is 0 Å². The van der Waals surface area contributed by atoms with Gasteiger partial charge in [0.15, 0.2) is 5.58 Å². The van der Waals surface area contributed by atoms with Gasteiger partial charge in [-0.25, -0.2) is 9.97 Å². The van der Waals surface area contributed by atoms with Crippen LogP contribution in [-0.2, 0) is 5.41 Å². The second kappa shape index (κ2) is 12.4. The van der Waals surface area contributed by atoms with Crippen molar-refractivity contribution in [1.82, 2.24) is 14.5 Å². The van der Waals surface area contributed by atoms with E-state index in [1.165, 1.54) is 16.7 Å². The largest absolute Gasteiger partial charge is 0.454 e. The average Bonchev–Trinajstić information content (AvgIpc) is 3.81. The molecule has 0 aliphatic heterocycles. The first-order valence-corrected chi connectivity index (χ1v) is 18.7. The third-order valence-corrected chi connectivity index (χ3v) is 11.2. The normalized spacial score (nSPS) is 12.0. The Morgan fingerprint density at radius 3 is 1.65 bits per heavy atom. The third-order valence-electron chi connectivity index (χ3n) is 11.2. The van der Waals surface area contributed by atoms with Crippen LogP contribution in [0.4, 0.5) is 0 Å². The minimum Gasteiger partial charge on any atom is -0.454 e. The summed E-state index contributed by atoms with van der Waals surface area (Å²) < 4.78 is 9.00. The SMILES string of the molecule is c1ccc(-c2nc(-n3c4ccc(C(c5ccccc5)(c5ccccc5)c5ccccc5)cc4c4ccc5c6ccccc6oc5c43)nc3ccccc23)cc1. The number of furan rings is 1. The van der Waals surface area contributed by atoms with Gasteiger partial charge < -0.3 is 4.42 Å². The van der Waals surface area contributed by atoms with Crippen LogP contribution < -0.4 is 0 Å². The summed E-state index contributed by atoms with van der Waals surface area (Å²) >= 11 is 0. The lowest BCUT2D eigenvalue weighted by molar-refractivity contribution is 0.671. The Morgan fingerprint density at radius 1 is 0.418 bits per heavy atom. The molecule has 0 saturated heterocycles. The van der Waals surface area contributed by atoms with Crippen molar-refractivity contribution in [2.75, 3.05) is 0 Å². The van der Waals surface area contributed by atoms with Crippen LogP contribution in [0.15, 0.2) is 205 Å². The number of rotatable bonds is 6. The van der Waals surface area contributed by atoms with Crippen molar-refractivity contribution in [3.8, 4) is 17.2 Å². The number of hydrogen-bond donors (Lipinski definition) is 0. The first-order valence-electron chi connectivity index (χ1n) is 18.7. The van der Waals surface area contributed by atoms with E-state index >= 15 is 0 Å². The molecule has 4 heteroatoms. The molecule has 0 atom stereocenters.